The van der Waals surface area contributed by atoms with Gasteiger partial charge in [-0.1, -0.05) is 45.4 Å². The van der Waals surface area contributed by atoms with E-state index in [2.05, 4.69) is 64.0 Å². The molecule has 2 nitrogen and oxygen atoms in total. The topological polar surface area (TPSA) is 12.5 Å². The molecule has 1 aromatic rings. The molecule has 0 bridgehead atoms. The molecule has 0 aliphatic carbocycles. The molecule has 24 heavy (non-hydrogen) atoms. The number of hydrogen-bond donors (Lipinski definition) is 0. The van der Waals surface area contributed by atoms with Crippen molar-refractivity contribution in [3.05, 3.63) is 48.2 Å². The maximum atomic E-state index is 5.94. The Balaban J connectivity index is 2.33. The molecule has 0 aromatic heterocycles. The van der Waals surface area contributed by atoms with E-state index >= 15 is 0 Å². The Hall–Kier alpha value is -1.70. The Morgan fingerprint density at radius 3 is 2.67 bits per heavy atom. The smallest absolute Gasteiger partial charge is 0.121 e. The van der Waals surface area contributed by atoms with Gasteiger partial charge in [-0.2, -0.15) is 0 Å². The lowest BCUT2D eigenvalue weighted by Gasteiger charge is -2.41. The van der Waals surface area contributed by atoms with Crippen LogP contribution in [-0.2, 0) is 6.42 Å². The lowest BCUT2D eigenvalue weighted by atomic mass is 9.90. The van der Waals surface area contributed by atoms with E-state index in [1.165, 1.54) is 22.5 Å². The van der Waals surface area contributed by atoms with Crippen molar-refractivity contribution in [2.24, 2.45) is 5.92 Å². The van der Waals surface area contributed by atoms with E-state index in [9.17, 15) is 0 Å². The van der Waals surface area contributed by atoms with E-state index in [4.69, 9.17) is 4.74 Å². The van der Waals surface area contributed by atoms with E-state index in [-0.39, 0.29) is 0 Å². The second kappa shape index (κ2) is 8.41. The Morgan fingerprint density at radius 1 is 1.29 bits per heavy atom. The standard InChI is InChI=1S/C22H33NO/c1-7-8-13-24-20-12-11-19-10-9-18(6)23(22(19)15-20)21(17(4)5)14-16(2)3/h11-12,15,17,21H,2,6-10,13-14H2,1,3-5H3. The molecule has 1 aromatic carbocycles. The second-order valence-electron chi connectivity index (χ2n) is 7.40. The number of anilines is 1. The Bertz CT molecular complexity index is 588. The summed E-state index contributed by atoms with van der Waals surface area (Å²) in [6, 6.07) is 6.96. The molecule has 0 radical (unpaired) electrons. The molecule has 2 heteroatoms. The van der Waals surface area contributed by atoms with Crippen molar-refractivity contribution in [1.29, 1.82) is 0 Å². The van der Waals surface area contributed by atoms with Gasteiger partial charge in [0.1, 0.15) is 5.75 Å². The highest BCUT2D eigenvalue weighted by Gasteiger charge is 2.29. The Morgan fingerprint density at radius 2 is 2.04 bits per heavy atom. The summed E-state index contributed by atoms with van der Waals surface area (Å²) in [6.45, 7) is 18.2. The lowest BCUT2D eigenvalue weighted by Crippen LogP contribution is -2.40. The molecule has 0 amide bonds. The average Bonchev–Trinajstić information content (AvgIpc) is 2.53. The zero-order chi connectivity index (χ0) is 17.7. The van der Waals surface area contributed by atoms with Crippen LogP contribution in [0.15, 0.2) is 42.6 Å². The van der Waals surface area contributed by atoms with E-state index < -0.39 is 0 Å². The minimum absolute atomic E-state index is 0.403. The van der Waals surface area contributed by atoms with Gasteiger partial charge in [-0.15, -0.1) is 6.58 Å². The number of ether oxygens (including phenoxy) is 1. The summed E-state index contributed by atoms with van der Waals surface area (Å²) in [5.74, 6) is 1.51. The lowest BCUT2D eigenvalue weighted by molar-refractivity contribution is 0.309. The molecule has 0 saturated carbocycles. The van der Waals surface area contributed by atoms with Gasteiger partial charge >= 0.3 is 0 Å². The fraction of sp³-hybridized carbons (Fsp3) is 0.545. The highest BCUT2D eigenvalue weighted by Crippen LogP contribution is 2.39. The minimum atomic E-state index is 0.403. The van der Waals surface area contributed by atoms with Gasteiger partial charge < -0.3 is 9.64 Å². The van der Waals surface area contributed by atoms with E-state index in [0.717, 1.165) is 44.5 Å². The number of aryl methyl sites for hydroxylation is 1. The van der Waals surface area contributed by atoms with Gasteiger partial charge in [0.2, 0.25) is 0 Å². The van der Waals surface area contributed by atoms with Crippen molar-refractivity contribution in [2.45, 2.75) is 65.8 Å². The largest absolute Gasteiger partial charge is 0.494 e. The van der Waals surface area contributed by atoms with Crippen molar-refractivity contribution < 1.29 is 4.74 Å². The maximum Gasteiger partial charge on any atom is 0.121 e. The van der Waals surface area contributed by atoms with Crippen LogP contribution in [0, 0.1) is 5.92 Å². The van der Waals surface area contributed by atoms with Crippen LogP contribution in [0.4, 0.5) is 5.69 Å². The number of nitrogens with zero attached hydrogens (tertiary/aromatic N) is 1. The van der Waals surface area contributed by atoms with Gasteiger partial charge in [0.15, 0.2) is 0 Å². The van der Waals surface area contributed by atoms with Gasteiger partial charge in [-0.05, 0) is 50.2 Å². The number of allylic oxidation sites excluding steroid dienone is 1. The summed E-state index contributed by atoms with van der Waals surface area (Å²) in [7, 11) is 0. The molecule has 1 heterocycles. The van der Waals surface area contributed by atoms with E-state index in [1.54, 1.807) is 0 Å². The number of unbranched alkanes of at least 4 members (excludes halogenated alkanes) is 1. The van der Waals surface area contributed by atoms with Crippen LogP contribution >= 0.6 is 0 Å². The van der Waals surface area contributed by atoms with Crippen molar-refractivity contribution in [3.8, 4) is 5.75 Å². The maximum absolute atomic E-state index is 5.94. The summed E-state index contributed by atoms with van der Waals surface area (Å²) in [4.78, 5) is 2.45. The van der Waals surface area contributed by atoms with Crippen LogP contribution in [0.5, 0.6) is 5.75 Å². The fourth-order valence-electron chi connectivity index (χ4n) is 3.37. The summed E-state index contributed by atoms with van der Waals surface area (Å²) in [6.07, 6.45) is 5.34. The van der Waals surface area contributed by atoms with E-state index in [1.807, 2.05) is 0 Å². The van der Waals surface area contributed by atoms with Crippen molar-refractivity contribution in [3.63, 3.8) is 0 Å². The van der Waals surface area contributed by atoms with Crippen LogP contribution in [0.1, 0.15) is 58.9 Å². The molecule has 1 aliphatic rings. The molecule has 132 valence electrons. The fourth-order valence-corrected chi connectivity index (χ4v) is 3.37. The molecular formula is C22H33NO. The van der Waals surface area contributed by atoms with Crippen LogP contribution in [0.25, 0.3) is 0 Å². The molecule has 0 fully saturated rings. The first-order valence-corrected chi connectivity index (χ1v) is 9.31. The molecule has 1 aliphatic heterocycles. The number of fused-ring (bicyclic) bond motifs is 1. The summed E-state index contributed by atoms with van der Waals surface area (Å²) < 4.78 is 5.94. The summed E-state index contributed by atoms with van der Waals surface area (Å²) in [5, 5.41) is 0. The third-order valence-corrected chi connectivity index (χ3v) is 4.77. The van der Waals surface area contributed by atoms with Gasteiger partial charge in [0, 0.05) is 23.5 Å². The minimum Gasteiger partial charge on any atom is -0.494 e. The zero-order valence-corrected chi connectivity index (χ0v) is 15.9. The molecule has 2 rings (SSSR count). The Kier molecular flexibility index (Phi) is 6.53. The number of benzene rings is 1. The quantitative estimate of drug-likeness (QED) is 0.421. The third-order valence-electron chi connectivity index (χ3n) is 4.77. The van der Waals surface area contributed by atoms with Gasteiger partial charge in [0.05, 0.1) is 6.61 Å². The molecule has 0 spiro atoms. The van der Waals surface area contributed by atoms with E-state index in [0.29, 0.717) is 12.0 Å². The predicted molar refractivity (Wildman–Crippen MR) is 105 cm³/mol. The zero-order valence-electron chi connectivity index (χ0n) is 15.9. The average molecular weight is 328 g/mol. The van der Waals surface area contributed by atoms with Crippen LogP contribution in [0.2, 0.25) is 0 Å². The van der Waals surface area contributed by atoms with Gasteiger partial charge in [-0.25, -0.2) is 0 Å². The predicted octanol–water partition coefficient (Wildman–Crippen LogP) is 6.12. The van der Waals surface area contributed by atoms with Gasteiger partial charge in [0.25, 0.3) is 0 Å². The molecule has 1 atom stereocenters. The van der Waals surface area contributed by atoms with Crippen LogP contribution in [0.3, 0.4) is 0 Å². The first-order chi connectivity index (χ1) is 11.4. The highest BCUT2D eigenvalue weighted by molar-refractivity contribution is 5.64. The Labute approximate surface area is 148 Å². The van der Waals surface area contributed by atoms with Crippen molar-refractivity contribution >= 4 is 5.69 Å². The molecule has 0 saturated heterocycles. The highest BCUT2D eigenvalue weighted by atomic mass is 16.5. The number of rotatable bonds is 8. The van der Waals surface area contributed by atoms with Gasteiger partial charge in [-0.3, -0.25) is 0 Å². The first-order valence-electron chi connectivity index (χ1n) is 9.31. The van der Waals surface area contributed by atoms with Crippen LogP contribution in [-0.4, -0.2) is 12.6 Å². The first kappa shape index (κ1) is 18.6. The van der Waals surface area contributed by atoms with Crippen molar-refractivity contribution in [2.75, 3.05) is 11.5 Å². The van der Waals surface area contributed by atoms with Crippen LogP contribution < -0.4 is 9.64 Å². The molecule has 1 unspecified atom stereocenters. The summed E-state index contributed by atoms with van der Waals surface area (Å²) >= 11 is 0. The summed E-state index contributed by atoms with van der Waals surface area (Å²) in [5.41, 5.74) is 5.12. The normalized spacial score (nSPS) is 15.4. The molecule has 0 N–H and O–H groups in total. The second-order valence-corrected chi connectivity index (χ2v) is 7.40. The third kappa shape index (κ3) is 4.43. The SMILES string of the molecule is C=C(C)CC(C(C)C)N1C(=C)CCc2ccc(OCCCC)cc21. The monoisotopic (exact) mass is 327 g/mol. The van der Waals surface area contributed by atoms with Crippen molar-refractivity contribution in [1.82, 2.24) is 0 Å². The number of hydrogen-bond acceptors (Lipinski definition) is 2. The molecular weight excluding hydrogens is 294 g/mol.